The first kappa shape index (κ1) is 9.44. The number of nitrogens with zero attached hydrogens (tertiary/aromatic N) is 1. The number of methoxy groups -OCH3 is 2. The Hall–Kier alpha value is -1.65. The number of ether oxygens (including phenoxy) is 2. The van der Waals surface area contributed by atoms with Gasteiger partial charge in [0.25, 0.3) is 0 Å². The Morgan fingerprint density at radius 1 is 1.54 bits per heavy atom. The normalized spacial score (nSPS) is 9.46. The van der Waals surface area contributed by atoms with Crippen LogP contribution in [-0.2, 0) is 4.74 Å². The quantitative estimate of drug-likeness (QED) is 0.645. The van der Waals surface area contributed by atoms with E-state index in [1.807, 2.05) is 0 Å². The topological polar surface area (TPSA) is 48.4 Å². The van der Waals surface area contributed by atoms with Crippen molar-refractivity contribution in [1.29, 1.82) is 0 Å². The van der Waals surface area contributed by atoms with E-state index in [4.69, 9.17) is 4.74 Å². The zero-order valence-corrected chi connectivity index (χ0v) is 7.20. The minimum absolute atomic E-state index is 0.168. The van der Waals surface area contributed by atoms with Gasteiger partial charge in [-0.2, -0.15) is 0 Å². The lowest BCUT2D eigenvalue weighted by atomic mass is 10.2. The predicted molar refractivity (Wildman–Crippen MR) is 42.1 cm³/mol. The second-order valence-electron chi connectivity index (χ2n) is 2.20. The van der Waals surface area contributed by atoms with Gasteiger partial charge in [-0.15, -0.1) is 0 Å². The Balaban J connectivity index is 3.11. The molecule has 0 unspecified atom stereocenters. The molecule has 1 aromatic rings. The minimum Gasteiger partial charge on any atom is -0.481 e. The molecule has 1 rings (SSSR count). The van der Waals surface area contributed by atoms with Gasteiger partial charge in [-0.05, 0) is 0 Å². The largest absolute Gasteiger partial charge is 0.481 e. The molecular weight excluding hydrogens is 177 g/mol. The van der Waals surface area contributed by atoms with E-state index in [-0.39, 0.29) is 11.4 Å². The summed E-state index contributed by atoms with van der Waals surface area (Å²) in [5.74, 6) is -1.31. The Labute approximate surface area is 74.3 Å². The highest BCUT2D eigenvalue weighted by atomic mass is 19.1. The molecule has 5 heteroatoms. The van der Waals surface area contributed by atoms with Gasteiger partial charge in [0.05, 0.1) is 20.4 Å². The Kier molecular flexibility index (Phi) is 2.79. The van der Waals surface area contributed by atoms with Crippen LogP contribution in [0.15, 0.2) is 12.3 Å². The van der Waals surface area contributed by atoms with Gasteiger partial charge in [0.2, 0.25) is 5.88 Å². The van der Waals surface area contributed by atoms with E-state index in [1.165, 1.54) is 20.3 Å². The molecule has 0 saturated heterocycles. The molecule has 0 spiro atoms. The Morgan fingerprint density at radius 3 is 2.77 bits per heavy atom. The van der Waals surface area contributed by atoms with Gasteiger partial charge >= 0.3 is 5.97 Å². The molecular formula is C8H8FNO3. The monoisotopic (exact) mass is 185 g/mol. The number of hydrogen-bond acceptors (Lipinski definition) is 4. The standard InChI is InChI=1S/C8H8FNO3/c1-12-7-3-5(8(11)13-2)6(9)4-10-7/h3-4H,1-2H3. The second kappa shape index (κ2) is 3.84. The number of esters is 1. The third kappa shape index (κ3) is 1.93. The fourth-order valence-electron chi connectivity index (χ4n) is 0.798. The van der Waals surface area contributed by atoms with Crippen molar-refractivity contribution in [3.63, 3.8) is 0 Å². The molecule has 0 aromatic carbocycles. The maximum atomic E-state index is 12.9. The van der Waals surface area contributed by atoms with E-state index >= 15 is 0 Å². The first-order valence-corrected chi connectivity index (χ1v) is 3.47. The number of carbonyl (C=O) groups is 1. The van der Waals surface area contributed by atoms with Crippen molar-refractivity contribution in [2.75, 3.05) is 14.2 Å². The molecule has 0 radical (unpaired) electrons. The van der Waals surface area contributed by atoms with E-state index in [0.717, 1.165) is 6.20 Å². The van der Waals surface area contributed by atoms with Crippen LogP contribution in [0.5, 0.6) is 5.88 Å². The van der Waals surface area contributed by atoms with Crippen molar-refractivity contribution in [2.45, 2.75) is 0 Å². The number of aromatic nitrogens is 1. The van der Waals surface area contributed by atoms with Crippen LogP contribution in [-0.4, -0.2) is 25.2 Å². The van der Waals surface area contributed by atoms with Crippen LogP contribution < -0.4 is 4.74 Å². The smallest absolute Gasteiger partial charge is 0.341 e. The van der Waals surface area contributed by atoms with Gasteiger partial charge in [0.1, 0.15) is 5.56 Å². The molecule has 1 heterocycles. The highest BCUT2D eigenvalue weighted by Crippen LogP contribution is 2.13. The summed E-state index contributed by atoms with van der Waals surface area (Å²) in [4.78, 5) is 14.5. The third-order valence-corrected chi connectivity index (χ3v) is 1.44. The molecule has 0 atom stereocenters. The average molecular weight is 185 g/mol. The summed E-state index contributed by atoms with van der Waals surface area (Å²) >= 11 is 0. The molecule has 0 fully saturated rings. The number of hydrogen-bond donors (Lipinski definition) is 0. The summed E-state index contributed by atoms with van der Waals surface area (Å²) < 4.78 is 22.0. The molecule has 0 aliphatic rings. The van der Waals surface area contributed by atoms with Gasteiger partial charge in [0.15, 0.2) is 5.82 Å². The van der Waals surface area contributed by atoms with Crippen molar-refractivity contribution >= 4 is 5.97 Å². The van der Waals surface area contributed by atoms with Gasteiger partial charge in [-0.3, -0.25) is 0 Å². The first-order valence-electron chi connectivity index (χ1n) is 3.47. The fourth-order valence-corrected chi connectivity index (χ4v) is 0.798. The predicted octanol–water partition coefficient (Wildman–Crippen LogP) is 1.02. The highest BCUT2D eigenvalue weighted by Gasteiger charge is 2.13. The number of pyridine rings is 1. The van der Waals surface area contributed by atoms with Gasteiger partial charge in [0, 0.05) is 6.07 Å². The number of rotatable bonds is 2. The first-order chi connectivity index (χ1) is 6.19. The lowest BCUT2D eigenvalue weighted by Crippen LogP contribution is -2.05. The highest BCUT2D eigenvalue weighted by molar-refractivity contribution is 5.89. The molecule has 1 aromatic heterocycles. The average Bonchev–Trinajstić information content (AvgIpc) is 2.17. The summed E-state index contributed by atoms with van der Waals surface area (Å²) in [6.45, 7) is 0. The van der Waals surface area contributed by atoms with Crippen molar-refractivity contribution < 1.29 is 18.7 Å². The molecule has 0 amide bonds. The van der Waals surface area contributed by atoms with Crippen LogP contribution >= 0.6 is 0 Å². The number of halogens is 1. The summed E-state index contributed by atoms with van der Waals surface area (Å²) in [7, 11) is 2.55. The minimum atomic E-state index is -0.752. The lowest BCUT2D eigenvalue weighted by Gasteiger charge is -2.02. The van der Waals surface area contributed by atoms with Crippen LogP contribution in [0, 0.1) is 5.82 Å². The van der Waals surface area contributed by atoms with Crippen LogP contribution in [0.1, 0.15) is 10.4 Å². The van der Waals surface area contributed by atoms with E-state index in [0.29, 0.717) is 0 Å². The van der Waals surface area contributed by atoms with E-state index < -0.39 is 11.8 Å². The summed E-state index contributed by atoms with van der Waals surface area (Å²) in [5, 5.41) is 0. The van der Waals surface area contributed by atoms with Crippen LogP contribution in [0.25, 0.3) is 0 Å². The van der Waals surface area contributed by atoms with Gasteiger partial charge in [-0.1, -0.05) is 0 Å². The summed E-state index contributed by atoms with van der Waals surface area (Å²) in [6.07, 6.45) is 0.908. The molecule has 0 aliphatic carbocycles. The summed E-state index contributed by atoms with van der Waals surface area (Å²) in [6, 6.07) is 1.18. The van der Waals surface area contributed by atoms with Crippen LogP contribution in [0.3, 0.4) is 0 Å². The SMILES string of the molecule is COC(=O)c1cc(OC)ncc1F. The molecule has 13 heavy (non-hydrogen) atoms. The third-order valence-electron chi connectivity index (χ3n) is 1.44. The second-order valence-corrected chi connectivity index (χ2v) is 2.20. The van der Waals surface area contributed by atoms with Crippen LogP contribution in [0.2, 0.25) is 0 Å². The van der Waals surface area contributed by atoms with Crippen molar-refractivity contribution in [3.05, 3.63) is 23.6 Å². The fraction of sp³-hybridized carbons (Fsp3) is 0.250. The zero-order chi connectivity index (χ0) is 9.84. The molecule has 0 saturated carbocycles. The molecule has 0 bridgehead atoms. The molecule has 70 valence electrons. The van der Waals surface area contributed by atoms with Crippen molar-refractivity contribution in [3.8, 4) is 5.88 Å². The van der Waals surface area contributed by atoms with Crippen LogP contribution in [0.4, 0.5) is 4.39 Å². The van der Waals surface area contributed by atoms with E-state index in [1.54, 1.807) is 0 Å². The molecule has 4 nitrogen and oxygen atoms in total. The van der Waals surface area contributed by atoms with Crippen molar-refractivity contribution in [1.82, 2.24) is 4.98 Å². The molecule has 0 aliphatic heterocycles. The van der Waals surface area contributed by atoms with Gasteiger partial charge < -0.3 is 9.47 Å². The maximum Gasteiger partial charge on any atom is 0.341 e. The molecule has 0 N–H and O–H groups in total. The Morgan fingerprint density at radius 2 is 2.23 bits per heavy atom. The van der Waals surface area contributed by atoms with E-state index in [9.17, 15) is 9.18 Å². The van der Waals surface area contributed by atoms with E-state index in [2.05, 4.69) is 9.72 Å². The lowest BCUT2D eigenvalue weighted by molar-refractivity contribution is 0.0594. The summed E-state index contributed by atoms with van der Waals surface area (Å²) in [5.41, 5.74) is -0.186. The zero-order valence-electron chi connectivity index (χ0n) is 7.20. The number of carbonyl (C=O) groups excluding carboxylic acids is 1. The Bertz CT molecular complexity index is 327. The van der Waals surface area contributed by atoms with Crippen molar-refractivity contribution in [2.24, 2.45) is 0 Å². The van der Waals surface area contributed by atoms with Gasteiger partial charge in [-0.25, -0.2) is 14.2 Å². The maximum absolute atomic E-state index is 12.9.